The molecular weight excluding hydrogens is 397 g/mol. The van der Waals surface area contributed by atoms with Crippen molar-refractivity contribution in [3.8, 4) is 0 Å². The molecule has 8 heteroatoms. The Morgan fingerprint density at radius 1 is 1.08 bits per heavy atom. The van der Waals surface area contributed by atoms with Crippen LogP contribution in [0.1, 0.15) is 12.0 Å². The van der Waals surface area contributed by atoms with E-state index in [4.69, 9.17) is 9.47 Å². The highest BCUT2D eigenvalue weighted by molar-refractivity contribution is 5.86. The Bertz CT molecular complexity index is 506. The number of nitrogens with zero attached hydrogens (tertiary/aromatic N) is 1. The molecule has 0 radical (unpaired) electrons. The number of hydrogen-bond acceptors (Lipinski definition) is 5. The predicted molar refractivity (Wildman–Crippen MR) is 111 cm³/mol. The lowest BCUT2D eigenvalue weighted by Gasteiger charge is -2.38. The molecular formula is C18H30Cl3N3O2. The summed E-state index contributed by atoms with van der Waals surface area (Å²) in [4.78, 5) is 2.63. The minimum Gasteiger partial charge on any atom is -0.378 e. The third-order valence-electron chi connectivity index (χ3n) is 5.29. The van der Waals surface area contributed by atoms with Crippen molar-refractivity contribution in [2.45, 2.75) is 37.3 Å². The number of morpholine rings is 1. The van der Waals surface area contributed by atoms with Gasteiger partial charge in [0.05, 0.1) is 32.0 Å². The van der Waals surface area contributed by atoms with E-state index in [9.17, 15) is 0 Å². The van der Waals surface area contributed by atoms with Crippen LogP contribution in [0.5, 0.6) is 0 Å². The van der Waals surface area contributed by atoms with E-state index in [1.165, 1.54) is 5.56 Å². The fourth-order valence-corrected chi connectivity index (χ4v) is 4.07. The van der Waals surface area contributed by atoms with E-state index >= 15 is 0 Å². The third-order valence-corrected chi connectivity index (χ3v) is 5.29. The van der Waals surface area contributed by atoms with E-state index in [0.29, 0.717) is 30.8 Å². The molecule has 3 aliphatic heterocycles. The summed E-state index contributed by atoms with van der Waals surface area (Å²) < 4.78 is 12.1. The van der Waals surface area contributed by atoms with Gasteiger partial charge in [-0.3, -0.25) is 4.90 Å². The fourth-order valence-electron chi connectivity index (χ4n) is 4.07. The molecule has 26 heavy (non-hydrogen) atoms. The first-order valence-electron chi connectivity index (χ1n) is 8.83. The number of benzene rings is 1. The highest BCUT2D eigenvalue weighted by atomic mass is 35.5. The van der Waals surface area contributed by atoms with Crippen LogP contribution in [-0.2, 0) is 16.1 Å². The monoisotopic (exact) mass is 425 g/mol. The molecule has 5 nitrogen and oxygen atoms in total. The van der Waals surface area contributed by atoms with Crippen LogP contribution in [0.25, 0.3) is 0 Å². The maximum Gasteiger partial charge on any atom is 0.0773 e. The third kappa shape index (κ3) is 5.69. The van der Waals surface area contributed by atoms with Crippen molar-refractivity contribution in [3.63, 3.8) is 0 Å². The number of rotatable bonds is 5. The molecule has 3 unspecified atom stereocenters. The molecule has 1 aromatic rings. The van der Waals surface area contributed by atoms with Gasteiger partial charge in [-0.15, -0.1) is 37.2 Å². The first-order chi connectivity index (χ1) is 11.4. The van der Waals surface area contributed by atoms with Crippen molar-refractivity contribution in [2.75, 3.05) is 39.4 Å². The number of ether oxygens (including phenoxy) is 2. The van der Waals surface area contributed by atoms with Gasteiger partial charge in [0, 0.05) is 38.3 Å². The Labute approximate surface area is 174 Å². The molecule has 3 fully saturated rings. The van der Waals surface area contributed by atoms with E-state index in [2.05, 4.69) is 39.8 Å². The number of piperazine rings is 1. The molecule has 1 aromatic carbocycles. The predicted octanol–water partition coefficient (Wildman–Crippen LogP) is 1.87. The fraction of sp³-hybridized carbons (Fsp3) is 0.667. The summed E-state index contributed by atoms with van der Waals surface area (Å²) in [6, 6.07) is 11.9. The average molecular weight is 427 g/mol. The molecule has 0 amide bonds. The zero-order chi connectivity index (χ0) is 15.5. The van der Waals surface area contributed by atoms with Crippen LogP contribution >= 0.6 is 37.2 Å². The van der Waals surface area contributed by atoms with Gasteiger partial charge >= 0.3 is 0 Å². The molecule has 3 saturated heterocycles. The molecule has 2 bridgehead atoms. The minimum atomic E-state index is 0. The number of nitrogens with one attached hydrogen (secondary N) is 2. The lowest BCUT2D eigenvalue weighted by Crippen LogP contribution is -2.58. The topological polar surface area (TPSA) is 45.8 Å². The number of hydrogen-bond donors (Lipinski definition) is 2. The molecule has 4 atom stereocenters. The molecule has 3 aliphatic rings. The van der Waals surface area contributed by atoms with Gasteiger partial charge in [-0.25, -0.2) is 0 Å². The molecule has 150 valence electrons. The molecule has 2 N–H and O–H groups in total. The Kier molecular flexibility index (Phi) is 10.7. The van der Waals surface area contributed by atoms with Gasteiger partial charge in [-0.05, 0) is 12.0 Å². The lowest BCUT2D eigenvalue weighted by molar-refractivity contribution is -0.0522. The second kappa shape index (κ2) is 11.7. The van der Waals surface area contributed by atoms with Gasteiger partial charge in [0.15, 0.2) is 0 Å². The molecule has 0 aromatic heterocycles. The second-order valence-electron chi connectivity index (χ2n) is 6.88. The number of halogens is 3. The normalized spacial score (nSPS) is 30.6. The summed E-state index contributed by atoms with van der Waals surface area (Å²) >= 11 is 0. The van der Waals surface area contributed by atoms with Crippen molar-refractivity contribution in [1.82, 2.24) is 15.5 Å². The van der Waals surface area contributed by atoms with Crippen molar-refractivity contribution in [2.24, 2.45) is 0 Å². The standard InChI is InChI=1S/C18H27N3O2.3ClH/c1-2-4-14(5-3-1)11-23-18-8-16-12-22-13-17(18)21(16)10-15-9-19-6-7-20-15;;;/h1-5,15-20H,6-13H2;3*1H/t15-,16?,17?,18?;;;/m1.../s1. The summed E-state index contributed by atoms with van der Waals surface area (Å²) in [6.45, 7) is 6.65. The summed E-state index contributed by atoms with van der Waals surface area (Å²) in [7, 11) is 0. The minimum absolute atomic E-state index is 0. The van der Waals surface area contributed by atoms with E-state index in [0.717, 1.165) is 45.8 Å². The lowest BCUT2D eigenvalue weighted by atomic mass is 10.1. The molecule has 0 spiro atoms. The Morgan fingerprint density at radius 3 is 2.62 bits per heavy atom. The van der Waals surface area contributed by atoms with Crippen molar-refractivity contribution in [3.05, 3.63) is 35.9 Å². The van der Waals surface area contributed by atoms with Crippen LogP contribution in [0.3, 0.4) is 0 Å². The van der Waals surface area contributed by atoms with Crippen molar-refractivity contribution in [1.29, 1.82) is 0 Å². The van der Waals surface area contributed by atoms with Crippen LogP contribution < -0.4 is 10.6 Å². The summed E-state index contributed by atoms with van der Waals surface area (Å²) in [6.07, 6.45) is 1.39. The van der Waals surface area contributed by atoms with Gasteiger partial charge in [-0.2, -0.15) is 0 Å². The van der Waals surface area contributed by atoms with Crippen LogP contribution in [0, 0.1) is 0 Å². The summed E-state index contributed by atoms with van der Waals surface area (Å²) in [5, 5.41) is 7.10. The Morgan fingerprint density at radius 2 is 1.88 bits per heavy atom. The van der Waals surface area contributed by atoms with E-state index in [1.807, 2.05) is 6.07 Å². The van der Waals surface area contributed by atoms with Crippen LogP contribution in [-0.4, -0.2) is 68.5 Å². The zero-order valence-electron chi connectivity index (χ0n) is 14.8. The van der Waals surface area contributed by atoms with Gasteiger partial charge in [0.25, 0.3) is 0 Å². The molecule has 4 rings (SSSR count). The average Bonchev–Trinajstić information content (AvgIpc) is 2.79. The zero-order valence-corrected chi connectivity index (χ0v) is 17.3. The maximum absolute atomic E-state index is 6.26. The van der Waals surface area contributed by atoms with Gasteiger partial charge in [-0.1, -0.05) is 30.3 Å². The van der Waals surface area contributed by atoms with E-state index in [1.54, 1.807) is 0 Å². The highest BCUT2D eigenvalue weighted by Crippen LogP contribution is 2.32. The van der Waals surface area contributed by atoms with Crippen molar-refractivity contribution >= 4 is 37.2 Å². The maximum atomic E-state index is 6.26. The molecule has 3 heterocycles. The largest absolute Gasteiger partial charge is 0.378 e. The van der Waals surface area contributed by atoms with Gasteiger partial charge < -0.3 is 20.1 Å². The molecule has 0 saturated carbocycles. The van der Waals surface area contributed by atoms with Crippen LogP contribution in [0.2, 0.25) is 0 Å². The van der Waals surface area contributed by atoms with Crippen molar-refractivity contribution < 1.29 is 9.47 Å². The quantitative estimate of drug-likeness (QED) is 0.753. The highest BCUT2D eigenvalue weighted by Gasteiger charge is 2.45. The van der Waals surface area contributed by atoms with E-state index in [-0.39, 0.29) is 37.2 Å². The van der Waals surface area contributed by atoms with E-state index < -0.39 is 0 Å². The SMILES string of the molecule is Cl.Cl.Cl.c1ccc(COC2CC3COCC2N3C[C@H]2CNCCN2)cc1. The van der Waals surface area contributed by atoms with Crippen LogP contribution in [0.4, 0.5) is 0 Å². The first-order valence-corrected chi connectivity index (χ1v) is 8.83. The Hall–Kier alpha value is -0.110. The number of fused-ring (bicyclic) bond motifs is 2. The summed E-state index contributed by atoms with van der Waals surface area (Å²) in [5.74, 6) is 0. The molecule has 0 aliphatic carbocycles. The Balaban J connectivity index is 0.00000113. The summed E-state index contributed by atoms with van der Waals surface area (Å²) in [5.41, 5.74) is 1.25. The first kappa shape index (κ1) is 23.9. The van der Waals surface area contributed by atoms with Gasteiger partial charge in [0.2, 0.25) is 0 Å². The smallest absolute Gasteiger partial charge is 0.0773 e. The second-order valence-corrected chi connectivity index (χ2v) is 6.88. The van der Waals surface area contributed by atoms with Crippen LogP contribution in [0.15, 0.2) is 30.3 Å². The van der Waals surface area contributed by atoms with Gasteiger partial charge in [0.1, 0.15) is 0 Å².